The molecule has 6 nitrogen and oxygen atoms in total. The summed E-state index contributed by atoms with van der Waals surface area (Å²) < 4.78 is 10.7. The van der Waals surface area contributed by atoms with E-state index in [1.54, 1.807) is 7.11 Å². The summed E-state index contributed by atoms with van der Waals surface area (Å²) >= 11 is 0. The summed E-state index contributed by atoms with van der Waals surface area (Å²) in [5.41, 5.74) is 0. The number of nitrogens with one attached hydrogen (secondary N) is 2. The Bertz CT molecular complexity index is 425. The molecule has 3 N–H and O–H groups in total. The van der Waals surface area contributed by atoms with Crippen LogP contribution in [0.15, 0.2) is 24.3 Å². The number of carbonyl (C=O) groups is 1. The van der Waals surface area contributed by atoms with Crippen LogP contribution in [-0.2, 0) is 4.79 Å². The van der Waals surface area contributed by atoms with Crippen molar-refractivity contribution in [3.8, 4) is 11.5 Å². The van der Waals surface area contributed by atoms with Gasteiger partial charge in [-0.05, 0) is 26.0 Å². The first-order valence-corrected chi connectivity index (χ1v) is 7.77. The quantitative estimate of drug-likeness (QED) is 0.600. The van der Waals surface area contributed by atoms with Crippen LogP contribution in [0.2, 0.25) is 0 Å². The molecule has 0 saturated heterocycles. The highest BCUT2D eigenvalue weighted by Crippen LogP contribution is 2.25. The summed E-state index contributed by atoms with van der Waals surface area (Å²) in [6.45, 7) is 8.66. The van der Waals surface area contributed by atoms with Gasteiger partial charge in [0, 0.05) is 18.6 Å². The van der Waals surface area contributed by atoms with Gasteiger partial charge in [-0.25, -0.2) is 0 Å². The first kappa shape index (κ1) is 21.2. The molecule has 0 aliphatic carbocycles. The van der Waals surface area contributed by atoms with Gasteiger partial charge in [-0.15, -0.1) is 0 Å². The van der Waals surface area contributed by atoms with Gasteiger partial charge in [-0.1, -0.05) is 26.0 Å². The van der Waals surface area contributed by atoms with Crippen molar-refractivity contribution in [2.24, 2.45) is 0 Å². The molecule has 6 heteroatoms. The van der Waals surface area contributed by atoms with Crippen molar-refractivity contribution in [1.82, 2.24) is 10.6 Å². The number of aliphatic hydroxyl groups excluding tert-OH is 1. The molecule has 1 rings (SSSR count). The van der Waals surface area contributed by atoms with Gasteiger partial charge in [0.25, 0.3) is 0 Å². The van der Waals surface area contributed by atoms with E-state index in [2.05, 4.69) is 10.6 Å². The van der Waals surface area contributed by atoms with Crippen molar-refractivity contribution < 1.29 is 19.4 Å². The number of carbonyl (C=O) groups excluding carboxylic acids is 1. The van der Waals surface area contributed by atoms with E-state index < -0.39 is 6.10 Å². The number of hydrogen-bond acceptors (Lipinski definition) is 5. The predicted molar refractivity (Wildman–Crippen MR) is 92.0 cm³/mol. The molecule has 0 saturated carbocycles. The molecular formula is C17H30N2O4. The van der Waals surface area contributed by atoms with E-state index in [9.17, 15) is 9.90 Å². The van der Waals surface area contributed by atoms with Gasteiger partial charge in [-0.2, -0.15) is 0 Å². The number of ether oxygens (including phenoxy) is 2. The maximum Gasteiger partial charge on any atom is 0.207 e. The molecule has 132 valence electrons. The molecule has 0 heterocycles. The number of aliphatic hydroxyl groups is 1. The maximum atomic E-state index is 9.69. The Balaban J connectivity index is 0.000000688. The van der Waals surface area contributed by atoms with Crippen LogP contribution in [0, 0.1) is 0 Å². The molecular weight excluding hydrogens is 296 g/mol. The van der Waals surface area contributed by atoms with Crippen LogP contribution in [0.5, 0.6) is 11.5 Å². The zero-order valence-corrected chi connectivity index (χ0v) is 14.7. The number of methoxy groups -OCH3 is 1. The standard InChI is InChI=1S/C13H21NO3.C4H9NO/c1-10(2)14-8-11(15)9-17-13-7-5-4-6-12(13)16-3;1-4(2)5-3-6/h4-7,10-11,14-15H,8-9H2,1-3H3;3-4H,1-2H3,(H,5,6). The number of para-hydroxylation sites is 2. The molecule has 23 heavy (non-hydrogen) atoms. The second kappa shape index (κ2) is 12.7. The highest BCUT2D eigenvalue weighted by molar-refractivity contribution is 5.46. The number of benzene rings is 1. The molecule has 1 aromatic carbocycles. The van der Waals surface area contributed by atoms with Crippen molar-refractivity contribution in [3.63, 3.8) is 0 Å². The normalized spacial score (nSPS) is 11.5. The van der Waals surface area contributed by atoms with Crippen LogP contribution < -0.4 is 20.1 Å². The van der Waals surface area contributed by atoms with E-state index in [1.165, 1.54) is 0 Å². The monoisotopic (exact) mass is 326 g/mol. The molecule has 0 radical (unpaired) electrons. The molecule has 0 fully saturated rings. The van der Waals surface area contributed by atoms with Gasteiger partial charge in [-0.3, -0.25) is 4.79 Å². The Kier molecular flexibility index (Phi) is 11.7. The minimum atomic E-state index is -0.526. The molecule has 1 amide bonds. The summed E-state index contributed by atoms with van der Waals surface area (Å²) in [5, 5.41) is 15.4. The van der Waals surface area contributed by atoms with E-state index in [4.69, 9.17) is 9.47 Å². The van der Waals surface area contributed by atoms with Crippen molar-refractivity contribution in [2.75, 3.05) is 20.3 Å². The Labute approximate surface area is 139 Å². The molecule has 0 aliphatic heterocycles. The van der Waals surface area contributed by atoms with Crippen LogP contribution in [0.25, 0.3) is 0 Å². The van der Waals surface area contributed by atoms with Gasteiger partial charge in [0.1, 0.15) is 12.7 Å². The van der Waals surface area contributed by atoms with E-state index >= 15 is 0 Å². The van der Waals surface area contributed by atoms with E-state index in [0.717, 1.165) is 0 Å². The smallest absolute Gasteiger partial charge is 0.207 e. The number of rotatable bonds is 9. The summed E-state index contributed by atoms with van der Waals surface area (Å²) in [7, 11) is 1.60. The Morgan fingerprint density at radius 1 is 1.13 bits per heavy atom. The van der Waals surface area contributed by atoms with Gasteiger partial charge in [0.2, 0.25) is 6.41 Å². The minimum absolute atomic E-state index is 0.250. The highest BCUT2D eigenvalue weighted by Gasteiger charge is 2.08. The van der Waals surface area contributed by atoms with E-state index in [-0.39, 0.29) is 12.6 Å². The zero-order valence-electron chi connectivity index (χ0n) is 14.7. The lowest BCUT2D eigenvalue weighted by Crippen LogP contribution is -2.35. The van der Waals surface area contributed by atoms with Crippen molar-refractivity contribution >= 4 is 6.41 Å². The minimum Gasteiger partial charge on any atom is -0.493 e. The van der Waals surface area contributed by atoms with Gasteiger partial charge in [0.05, 0.1) is 7.11 Å². The van der Waals surface area contributed by atoms with Crippen LogP contribution in [0.4, 0.5) is 0 Å². The fourth-order valence-electron chi connectivity index (χ4n) is 1.49. The third-order valence-corrected chi connectivity index (χ3v) is 2.66. The van der Waals surface area contributed by atoms with Crippen molar-refractivity contribution in [3.05, 3.63) is 24.3 Å². The summed E-state index contributed by atoms with van der Waals surface area (Å²) in [6.07, 6.45) is 0.173. The number of hydrogen-bond donors (Lipinski definition) is 3. The molecule has 1 atom stereocenters. The lowest BCUT2D eigenvalue weighted by Gasteiger charge is -2.16. The molecule has 0 bridgehead atoms. The molecule has 0 aromatic heterocycles. The molecule has 1 unspecified atom stereocenters. The zero-order chi connectivity index (χ0) is 17.7. The number of amides is 1. The largest absolute Gasteiger partial charge is 0.493 e. The van der Waals surface area contributed by atoms with Crippen LogP contribution in [0.3, 0.4) is 0 Å². The predicted octanol–water partition coefficient (Wildman–Crippen LogP) is 1.57. The van der Waals surface area contributed by atoms with Gasteiger partial charge in [0.15, 0.2) is 11.5 Å². The molecule has 0 spiro atoms. The van der Waals surface area contributed by atoms with Gasteiger partial charge < -0.3 is 25.2 Å². The molecule has 1 aromatic rings. The summed E-state index contributed by atoms with van der Waals surface area (Å²) in [6, 6.07) is 8.03. The Hall–Kier alpha value is -1.79. The van der Waals surface area contributed by atoms with Crippen molar-refractivity contribution in [1.29, 1.82) is 0 Å². The average molecular weight is 326 g/mol. The maximum absolute atomic E-state index is 9.69. The SMILES string of the molecule is CC(C)NC=O.COc1ccccc1OCC(O)CNC(C)C. The van der Waals surface area contributed by atoms with Crippen LogP contribution in [-0.4, -0.2) is 50.0 Å². The topological polar surface area (TPSA) is 79.8 Å². The van der Waals surface area contributed by atoms with Crippen LogP contribution >= 0.6 is 0 Å². The average Bonchev–Trinajstić information content (AvgIpc) is 2.51. The molecule has 0 aliphatic rings. The fourth-order valence-corrected chi connectivity index (χ4v) is 1.49. The fraction of sp³-hybridized carbons (Fsp3) is 0.588. The third kappa shape index (κ3) is 11.4. The third-order valence-electron chi connectivity index (χ3n) is 2.66. The van der Waals surface area contributed by atoms with Crippen molar-refractivity contribution in [2.45, 2.75) is 45.9 Å². The first-order valence-electron chi connectivity index (χ1n) is 7.77. The van der Waals surface area contributed by atoms with E-state index in [1.807, 2.05) is 52.0 Å². The summed E-state index contributed by atoms with van der Waals surface area (Å²) in [5.74, 6) is 1.33. The lowest BCUT2D eigenvalue weighted by atomic mass is 10.3. The van der Waals surface area contributed by atoms with Crippen LogP contribution in [0.1, 0.15) is 27.7 Å². The second-order valence-electron chi connectivity index (χ2n) is 5.62. The second-order valence-corrected chi connectivity index (χ2v) is 5.62. The Morgan fingerprint density at radius 3 is 2.17 bits per heavy atom. The van der Waals surface area contributed by atoms with E-state index in [0.29, 0.717) is 30.5 Å². The highest BCUT2D eigenvalue weighted by atomic mass is 16.5. The lowest BCUT2D eigenvalue weighted by molar-refractivity contribution is -0.109. The Morgan fingerprint density at radius 2 is 1.74 bits per heavy atom. The first-order chi connectivity index (χ1) is 10.9. The van der Waals surface area contributed by atoms with Gasteiger partial charge >= 0.3 is 0 Å². The summed E-state index contributed by atoms with van der Waals surface area (Å²) in [4.78, 5) is 9.50.